The first-order chi connectivity index (χ1) is 10.4. The van der Waals surface area contributed by atoms with Crippen LogP contribution in [0.2, 0.25) is 0 Å². The number of benzene rings is 2. The molecule has 0 unspecified atom stereocenters. The number of Topliss-reactive ketones (excluding diaryl/α,β-unsaturated/α-hetero) is 1. The third-order valence-electron chi connectivity index (χ3n) is 3.77. The summed E-state index contributed by atoms with van der Waals surface area (Å²) < 4.78 is 2.57. The maximum Gasteiger partial charge on any atom is 0.200 e. The molecule has 22 heavy (non-hydrogen) atoms. The summed E-state index contributed by atoms with van der Waals surface area (Å²) in [5, 5.41) is 0. The fraction of sp³-hybridized carbons (Fsp3) is 0.118. The number of allylic oxidation sites excluding steroid dienone is 2. The normalized spacial score (nSPS) is 14.3. The largest absolute Gasteiger partial charge is 0.399 e. The van der Waals surface area contributed by atoms with Gasteiger partial charge in [-0.2, -0.15) is 0 Å². The highest BCUT2D eigenvalue weighted by Crippen LogP contribution is 2.38. The van der Waals surface area contributed by atoms with Crippen LogP contribution in [0.5, 0.6) is 0 Å². The molecule has 0 radical (unpaired) electrons. The van der Waals surface area contributed by atoms with Gasteiger partial charge in [0.05, 0.1) is 4.48 Å². The zero-order valence-electron chi connectivity index (χ0n) is 11.7. The number of hydrogen-bond donors (Lipinski definition) is 1. The third kappa shape index (κ3) is 2.70. The van der Waals surface area contributed by atoms with Crippen LogP contribution in [0.1, 0.15) is 27.0 Å². The second-order valence-electron chi connectivity index (χ2n) is 5.30. The van der Waals surface area contributed by atoms with Gasteiger partial charge < -0.3 is 5.73 Å². The van der Waals surface area contributed by atoms with Gasteiger partial charge in [0.2, 0.25) is 5.78 Å². The number of aryl methyl sites for hydroxylation is 1. The molecule has 3 rings (SSSR count). The lowest BCUT2D eigenvalue weighted by Gasteiger charge is -2.22. The Labute approximate surface area is 154 Å². The number of carbonyl (C=O) groups excluding carboxylic acids is 1. The van der Waals surface area contributed by atoms with Gasteiger partial charge in [-0.3, -0.25) is 4.79 Å². The summed E-state index contributed by atoms with van der Waals surface area (Å²) in [5.74, 6) is 0.0211. The van der Waals surface area contributed by atoms with Crippen LogP contribution in [0.25, 0.3) is 5.57 Å². The van der Waals surface area contributed by atoms with E-state index in [1.165, 1.54) is 0 Å². The maximum atomic E-state index is 12.7. The van der Waals surface area contributed by atoms with Gasteiger partial charge in [0, 0.05) is 26.6 Å². The number of halogens is 3. The van der Waals surface area contributed by atoms with Crippen LogP contribution >= 0.6 is 47.8 Å². The number of rotatable bonds is 1. The molecule has 0 aliphatic heterocycles. The van der Waals surface area contributed by atoms with Crippen molar-refractivity contribution in [3.8, 4) is 0 Å². The average Bonchev–Trinajstić information content (AvgIpc) is 2.45. The predicted molar refractivity (Wildman–Crippen MR) is 101 cm³/mol. The lowest BCUT2D eigenvalue weighted by Crippen LogP contribution is -2.15. The molecule has 0 aromatic heterocycles. The van der Waals surface area contributed by atoms with Gasteiger partial charge in [0.1, 0.15) is 0 Å². The smallest absolute Gasteiger partial charge is 0.200 e. The van der Waals surface area contributed by atoms with E-state index in [0.29, 0.717) is 16.6 Å². The van der Waals surface area contributed by atoms with E-state index in [-0.39, 0.29) is 5.78 Å². The van der Waals surface area contributed by atoms with Gasteiger partial charge in [0.25, 0.3) is 0 Å². The summed E-state index contributed by atoms with van der Waals surface area (Å²) in [7, 11) is 0. The van der Waals surface area contributed by atoms with E-state index in [0.717, 1.165) is 36.8 Å². The molecule has 2 N–H and O–H groups in total. The van der Waals surface area contributed by atoms with Crippen LogP contribution < -0.4 is 5.73 Å². The Balaban J connectivity index is 2.16. The Hall–Kier alpha value is -0.910. The van der Waals surface area contributed by atoms with Crippen LogP contribution in [0, 0.1) is 6.92 Å². The van der Waals surface area contributed by atoms with Crippen LogP contribution in [0.15, 0.2) is 43.8 Å². The Morgan fingerprint density at radius 3 is 2.45 bits per heavy atom. The SMILES string of the molecule is Cc1cc(N)cc2c1C(=O)C(Br)=C(c1ccc(Br)c(Br)c1)C2. The van der Waals surface area contributed by atoms with E-state index in [1.807, 2.05) is 37.3 Å². The average molecular weight is 486 g/mol. The van der Waals surface area contributed by atoms with Crippen molar-refractivity contribution in [1.29, 1.82) is 0 Å². The summed E-state index contributed by atoms with van der Waals surface area (Å²) >= 11 is 10.5. The second kappa shape index (κ2) is 5.95. The minimum atomic E-state index is 0.0211. The summed E-state index contributed by atoms with van der Waals surface area (Å²) in [4.78, 5) is 12.7. The van der Waals surface area contributed by atoms with Crippen LogP contribution in [-0.4, -0.2) is 5.78 Å². The number of nitrogens with two attached hydrogens (primary N) is 1. The lowest BCUT2D eigenvalue weighted by molar-refractivity contribution is 0.104. The second-order valence-corrected chi connectivity index (χ2v) is 7.80. The van der Waals surface area contributed by atoms with Gasteiger partial charge in [-0.05, 0) is 101 Å². The predicted octanol–water partition coefficient (Wildman–Crippen LogP) is 5.65. The van der Waals surface area contributed by atoms with Crippen molar-refractivity contribution in [3.63, 3.8) is 0 Å². The fourth-order valence-electron chi connectivity index (χ4n) is 2.78. The molecule has 1 aliphatic carbocycles. The Morgan fingerprint density at radius 2 is 1.77 bits per heavy atom. The van der Waals surface area contributed by atoms with E-state index in [1.54, 1.807) is 0 Å². The topological polar surface area (TPSA) is 43.1 Å². The number of ketones is 1. The van der Waals surface area contributed by atoms with E-state index >= 15 is 0 Å². The molecule has 0 saturated carbocycles. The molecule has 0 amide bonds. The molecule has 0 saturated heterocycles. The Bertz CT molecular complexity index is 840. The Morgan fingerprint density at radius 1 is 1.05 bits per heavy atom. The van der Waals surface area contributed by atoms with Crippen molar-refractivity contribution in [3.05, 3.63) is 66.0 Å². The van der Waals surface area contributed by atoms with Gasteiger partial charge in [0.15, 0.2) is 0 Å². The van der Waals surface area contributed by atoms with Crippen LogP contribution in [0.3, 0.4) is 0 Å². The van der Waals surface area contributed by atoms with Crippen LogP contribution in [0.4, 0.5) is 5.69 Å². The number of fused-ring (bicyclic) bond motifs is 1. The third-order valence-corrected chi connectivity index (χ3v) is 6.48. The quantitative estimate of drug-likeness (QED) is 0.530. The number of nitrogen functional groups attached to an aromatic ring is 1. The van der Waals surface area contributed by atoms with E-state index in [4.69, 9.17) is 5.73 Å². The highest BCUT2D eigenvalue weighted by atomic mass is 79.9. The summed E-state index contributed by atoms with van der Waals surface area (Å²) in [5.41, 5.74) is 11.3. The van der Waals surface area contributed by atoms with Gasteiger partial charge in [-0.1, -0.05) is 6.07 Å². The summed E-state index contributed by atoms with van der Waals surface area (Å²) in [6.07, 6.45) is 0.682. The molecule has 1 aliphatic rings. The minimum absolute atomic E-state index is 0.0211. The van der Waals surface area contributed by atoms with Crippen molar-refractivity contribution in [2.75, 3.05) is 5.73 Å². The van der Waals surface area contributed by atoms with Gasteiger partial charge >= 0.3 is 0 Å². The number of anilines is 1. The summed E-state index contributed by atoms with van der Waals surface area (Å²) in [6.45, 7) is 1.93. The van der Waals surface area contributed by atoms with E-state index in [9.17, 15) is 4.79 Å². The molecule has 0 bridgehead atoms. The minimum Gasteiger partial charge on any atom is -0.399 e. The zero-order valence-corrected chi connectivity index (χ0v) is 16.5. The number of hydrogen-bond acceptors (Lipinski definition) is 2. The molecular formula is C17H12Br3NO. The molecule has 0 spiro atoms. The van der Waals surface area contributed by atoms with Gasteiger partial charge in [-0.25, -0.2) is 0 Å². The molecule has 2 aromatic carbocycles. The molecule has 0 atom stereocenters. The molecule has 2 aromatic rings. The monoisotopic (exact) mass is 483 g/mol. The van der Waals surface area contributed by atoms with E-state index < -0.39 is 0 Å². The molecule has 2 nitrogen and oxygen atoms in total. The number of carbonyl (C=O) groups is 1. The first-order valence-electron chi connectivity index (χ1n) is 6.66. The molecule has 5 heteroatoms. The molecule has 0 fully saturated rings. The lowest BCUT2D eigenvalue weighted by atomic mass is 9.85. The Kier molecular flexibility index (Phi) is 4.32. The first kappa shape index (κ1) is 16.0. The zero-order chi connectivity index (χ0) is 16.0. The van der Waals surface area contributed by atoms with Crippen molar-refractivity contribution in [1.82, 2.24) is 0 Å². The first-order valence-corrected chi connectivity index (χ1v) is 9.04. The highest BCUT2D eigenvalue weighted by molar-refractivity contribution is 9.13. The maximum absolute atomic E-state index is 12.7. The highest BCUT2D eigenvalue weighted by Gasteiger charge is 2.27. The van der Waals surface area contributed by atoms with Crippen molar-refractivity contribution < 1.29 is 4.79 Å². The molecular weight excluding hydrogens is 474 g/mol. The standard InChI is InChI=1S/C17H12Br3NO/c1-8-4-11(21)5-10-6-12(16(20)17(22)15(8)10)9-2-3-13(18)14(19)7-9/h2-5,7H,6,21H2,1H3. The van der Waals surface area contributed by atoms with Crippen molar-refractivity contribution in [2.24, 2.45) is 0 Å². The van der Waals surface area contributed by atoms with Crippen molar-refractivity contribution in [2.45, 2.75) is 13.3 Å². The molecule has 0 heterocycles. The van der Waals surface area contributed by atoms with Gasteiger partial charge in [-0.15, -0.1) is 0 Å². The van der Waals surface area contributed by atoms with Crippen molar-refractivity contribution >= 4 is 64.8 Å². The van der Waals surface area contributed by atoms with Crippen LogP contribution in [-0.2, 0) is 6.42 Å². The van der Waals surface area contributed by atoms with E-state index in [2.05, 4.69) is 47.8 Å². The fourth-order valence-corrected chi connectivity index (χ4v) is 3.98. The summed E-state index contributed by atoms with van der Waals surface area (Å²) in [6, 6.07) is 9.73. The molecule has 112 valence electrons.